The number of anilines is 1. The smallest absolute Gasteiger partial charge is 0.419 e. The van der Waals surface area contributed by atoms with Crippen LogP contribution in [0.1, 0.15) is 61.7 Å². The van der Waals surface area contributed by atoms with Crippen molar-refractivity contribution in [2.45, 2.75) is 69.6 Å². The summed E-state index contributed by atoms with van der Waals surface area (Å²) in [7, 11) is 0. The number of aromatic nitrogens is 1. The second-order valence-corrected chi connectivity index (χ2v) is 12.2. The molecule has 4 N–H and O–H groups in total. The average molecular weight is 619 g/mol. The molecule has 10 nitrogen and oxygen atoms in total. The lowest BCUT2D eigenvalue weighted by atomic mass is 9.83. The van der Waals surface area contributed by atoms with Crippen LogP contribution in [-0.4, -0.2) is 60.7 Å². The molecule has 230 valence electrons. The standard InChI is InChI=1S/C29H33F3N6O4S/c30-29(31,32)26(41)42-23-13-17(22-14-43-27(38-22)36-18-7-11-34-12-8-18)5-6-20(23)25(40)37-21-4-2-1-3-19(21)24(39)35-16-28(15-33)9-10-28/h5-6,13-14,18-19,21,34H,1-4,7-12,16H2,(H,35,39)(H,36,38)(H,37,40)/t19-,21+/m1/s1. The third-order valence-electron chi connectivity index (χ3n) is 8.24. The Kier molecular flexibility index (Phi) is 9.22. The Morgan fingerprint density at radius 1 is 1.14 bits per heavy atom. The number of hydrogen-bond donors (Lipinski definition) is 4. The van der Waals surface area contributed by atoms with Gasteiger partial charge in [0.15, 0.2) is 5.13 Å². The third kappa shape index (κ3) is 7.64. The molecule has 0 unspecified atom stereocenters. The van der Waals surface area contributed by atoms with E-state index < -0.39 is 41.2 Å². The summed E-state index contributed by atoms with van der Waals surface area (Å²) < 4.78 is 44.2. The Hall–Kier alpha value is -3.70. The normalized spacial score (nSPS) is 21.7. The first-order chi connectivity index (χ1) is 20.6. The number of carbonyl (C=O) groups excluding carboxylic acids is 3. The molecule has 2 aromatic rings. The monoisotopic (exact) mass is 618 g/mol. The average Bonchev–Trinajstić information content (AvgIpc) is 3.64. The molecule has 43 heavy (non-hydrogen) atoms. The molecule has 2 aliphatic carbocycles. The number of hydrogen-bond acceptors (Lipinski definition) is 9. The van der Waals surface area contributed by atoms with Crippen molar-refractivity contribution < 1.29 is 32.3 Å². The molecule has 3 fully saturated rings. The molecule has 1 aromatic carbocycles. The number of rotatable bonds is 9. The first-order valence-electron chi connectivity index (χ1n) is 14.4. The summed E-state index contributed by atoms with van der Waals surface area (Å²) >= 11 is 1.34. The number of nitriles is 1. The number of carbonyl (C=O) groups is 3. The number of thiazole rings is 1. The molecule has 1 saturated heterocycles. The van der Waals surface area contributed by atoms with Crippen LogP contribution in [0.4, 0.5) is 18.3 Å². The molecule has 2 atom stereocenters. The second-order valence-electron chi connectivity index (χ2n) is 11.4. The SMILES string of the molecule is N#CC1(CNC(=O)[C@@H]2CCCC[C@@H]2NC(=O)c2ccc(-c3csc(NC4CCNCC4)n3)cc2OC(=O)C(F)(F)F)CC1. The lowest BCUT2D eigenvalue weighted by molar-refractivity contribution is -0.189. The van der Waals surface area contributed by atoms with Crippen LogP contribution in [0, 0.1) is 22.7 Å². The van der Waals surface area contributed by atoms with E-state index >= 15 is 0 Å². The zero-order valence-electron chi connectivity index (χ0n) is 23.4. The van der Waals surface area contributed by atoms with Gasteiger partial charge in [0.2, 0.25) is 5.91 Å². The van der Waals surface area contributed by atoms with Crippen molar-refractivity contribution in [3.8, 4) is 23.1 Å². The summed E-state index contributed by atoms with van der Waals surface area (Å²) in [5, 5.41) is 24.0. The van der Waals surface area contributed by atoms with Crippen LogP contribution in [0.15, 0.2) is 23.6 Å². The third-order valence-corrected chi connectivity index (χ3v) is 9.01. The van der Waals surface area contributed by atoms with Gasteiger partial charge in [-0.1, -0.05) is 18.9 Å². The van der Waals surface area contributed by atoms with Crippen molar-refractivity contribution in [3.63, 3.8) is 0 Å². The first-order valence-corrected chi connectivity index (χ1v) is 15.3. The highest BCUT2D eigenvalue weighted by molar-refractivity contribution is 7.14. The number of amides is 2. The Morgan fingerprint density at radius 3 is 2.58 bits per heavy atom. The minimum atomic E-state index is -5.27. The highest BCUT2D eigenvalue weighted by Gasteiger charge is 2.44. The van der Waals surface area contributed by atoms with Gasteiger partial charge in [0.25, 0.3) is 5.91 Å². The summed E-state index contributed by atoms with van der Waals surface area (Å²) in [4.78, 5) is 42.7. The summed E-state index contributed by atoms with van der Waals surface area (Å²) in [5.74, 6) is -4.61. The van der Waals surface area contributed by atoms with Gasteiger partial charge in [0.05, 0.1) is 28.7 Å². The molecule has 0 radical (unpaired) electrons. The molecule has 5 rings (SSSR count). The zero-order valence-corrected chi connectivity index (χ0v) is 24.2. The van der Waals surface area contributed by atoms with Crippen LogP contribution in [0.25, 0.3) is 11.3 Å². The highest BCUT2D eigenvalue weighted by Crippen LogP contribution is 2.44. The number of esters is 1. The van der Waals surface area contributed by atoms with Crippen LogP contribution in [0.2, 0.25) is 0 Å². The molecule has 2 amide bonds. The number of halogens is 3. The highest BCUT2D eigenvalue weighted by atomic mass is 32.1. The Morgan fingerprint density at radius 2 is 1.88 bits per heavy atom. The van der Waals surface area contributed by atoms with Gasteiger partial charge in [0.1, 0.15) is 5.75 Å². The Bertz CT molecular complexity index is 1400. The Balaban J connectivity index is 1.33. The molecular weight excluding hydrogens is 585 g/mol. The minimum absolute atomic E-state index is 0.240. The predicted molar refractivity (Wildman–Crippen MR) is 152 cm³/mol. The number of alkyl halides is 3. The number of benzene rings is 1. The topological polar surface area (TPSA) is 145 Å². The predicted octanol–water partition coefficient (Wildman–Crippen LogP) is 4.15. The lowest BCUT2D eigenvalue weighted by Gasteiger charge is -2.31. The maximum absolute atomic E-state index is 13.4. The van der Waals surface area contributed by atoms with Crippen LogP contribution in [0.5, 0.6) is 5.75 Å². The van der Waals surface area contributed by atoms with Gasteiger partial charge >= 0.3 is 12.1 Å². The van der Waals surface area contributed by atoms with Gasteiger partial charge < -0.3 is 26.0 Å². The molecule has 0 bridgehead atoms. The van der Waals surface area contributed by atoms with Crippen LogP contribution in [-0.2, 0) is 9.59 Å². The van der Waals surface area contributed by atoms with Crippen LogP contribution in [0.3, 0.4) is 0 Å². The number of nitrogens with one attached hydrogen (secondary N) is 4. The first kappa shape index (κ1) is 30.7. The maximum Gasteiger partial charge on any atom is 0.491 e. The second kappa shape index (κ2) is 12.9. The molecule has 1 aliphatic heterocycles. The summed E-state index contributed by atoms with van der Waals surface area (Å²) in [6.07, 6.45) is 0.577. The zero-order chi connectivity index (χ0) is 30.6. The van der Waals surface area contributed by atoms with Gasteiger partial charge in [0, 0.05) is 29.6 Å². The van der Waals surface area contributed by atoms with Crippen molar-refractivity contribution in [1.82, 2.24) is 20.9 Å². The molecule has 2 saturated carbocycles. The van der Waals surface area contributed by atoms with Gasteiger partial charge in [-0.05, 0) is 63.7 Å². The quantitative estimate of drug-likeness (QED) is 0.242. The minimum Gasteiger partial charge on any atom is -0.419 e. The van der Waals surface area contributed by atoms with E-state index in [4.69, 9.17) is 4.74 Å². The van der Waals surface area contributed by atoms with E-state index in [9.17, 15) is 32.8 Å². The van der Waals surface area contributed by atoms with E-state index in [0.29, 0.717) is 29.2 Å². The van der Waals surface area contributed by atoms with E-state index in [1.807, 2.05) is 0 Å². The summed E-state index contributed by atoms with van der Waals surface area (Å²) in [6.45, 7) is 2.02. The van der Waals surface area contributed by atoms with Crippen LogP contribution >= 0.6 is 11.3 Å². The van der Waals surface area contributed by atoms with Crippen molar-refractivity contribution in [2.75, 3.05) is 25.0 Å². The molecule has 3 aliphatic rings. The molecule has 14 heteroatoms. The van der Waals surface area contributed by atoms with Crippen LogP contribution < -0.4 is 26.0 Å². The summed E-state index contributed by atoms with van der Waals surface area (Å²) in [6, 6.07) is 5.93. The lowest BCUT2D eigenvalue weighted by Crippen LogP contribution is -2.49. The molecule has 0 spiro atoms. The largest absolute Gasteiger partial charge is 0.491 e. The van der Waals surface area contributed by atoms with E-state index in [1.165, 1.54) is 29.5 Å². The maximum atomic E-state index is 13.4. The molecule has 1 aromatic heterocycles. The number of piperidine rings is 1. The van der Waals surface area contributed by atoms with Crippen molar-refractivity contribution in [1.29, 1.82) is 5.26 Å². The number of nitrogens with zero attached hydrogens (tertiary/aromatic N) is 2. The van der Waals surface area contributed by atoms with E-state index in [-0.39, 0.29) is 24.1 Å². The van der Waals surface area contributed by atoms with E-state index in [1.54, 1.807) is 5.38 Å². The van der Waals surface area contributed by atoms with Gasteiger partial charge in [-0.15, -0.1) is 11.3 Å². The molecular formula is C29H33F3N6O4S. The van der Waals surface area contributed by atoms with Gasteiger partial charge in [-0.3, -0.25) is 9.59 Å². The summed E-state index contributed by atoms with van der Waals surface area (Å²) in [5.41, 5.74) is 0.0321. The molecule has 2 heterocycles. The number of ether oxygens (including phenoxy) is 1. The van der Waals surface area contributed by atoms with Gasteiger partial charge in [-0.25, -0.2) is 9.78 Å². The van der Waals surface area contributed by atoms with Crippen molar-refractivity contribution in [3.05, 3.63) is 29.1 Å². The van der Waals surface area contributed by atoms with E-state index in [2.05, 4.69) is 32.3 Å². The van der Waals surface area contributed by atoms with Crippen molar-refractivity contribution in [2.24, 2.45) is 11.3 Å². The fourth-order valence-corrected chi connectivity index (χ4v) is 6.25. The Labute approximate surface area is 250 Å². The van der Waals surface area contributed by atoms with E-state index in [0.717, 1.165) is 51.6 Å². The van der Waals surface area contributed by atoms with Gasteiger partial charge in [-0.2, -0.15) is 18.4 Å². The van der Waals surface area contributed by atoms with Crippen molar-refractivity contribution >= 4 is 34.3 Å². The fourth-order valence-electron chi connectivity index (χ4n) is 5.45. The fraction of sp³-hybridized carbons (Fsp3) is 0.552.